The van der Waals surface area contributed by atoms with Crippen LogP contribution >= 0.6 is 23.2 Å². The monoisotopic (exact) mass is 452 g/mol. The molecule has 0 bridgehead atoms. The average molecular weight is 453 g/mol. The summed E-state index contributed by atoms with van der Waals surface area (Å²) in [6.07, 6.45) is 6.37. The summed E-state index contributed by atoms with van der Waals surface area (Å²) in [5, 5.41) is 4.53. The molecule has 1 heterocycles. The summed E-state index contributed by atoms with van der Waals surface area (Å²) >= 11 is 12.4. The summed E-state index contributed by atoms with van der Waals surface area (Å²) in [6.45, 7) is 2.98. The van der Waals surface area contributed by atoms with Gasteiger partial charge in [0.05, 0.1) is 20.8 Å². The highest BCUT2D eigenvalue weighted by Crippen LogP contribution is 2.35. The molecule has 158 valence electrons. The van der Waals surface area contributed by atoms with Crippen molar-refractivity contribution in [3.8, 4) is 0 Å². The van der Waals surface area contributed by atoms with Crippen LogP contribution in [0.3, 0.4) is 0 Å². The first-order chi connectivity index (χ1) is 14.0. The van der Waals surface area contributed by atoms with E-state index in [-0.39, 0.29) is 0 Å². The topological polar surface area (TPSA) is 32.3 Å². The second-order valence-electron chi connectivity index (χ2n) is 7.76. The molecular weight excluding hydrogens is 423 g/mol. The molecule has 1 aliphatic rings. The van der Waals surface area contributed by atoms with Gasteiger partial charge in [-0.25, -0.2) is 0 Å². The van der Waals surface area contributed by atoms with Gasteiger partial charge in [0.15, 0.2) is 0 Å². The molecule has 1 unspecified atom stereocenters. The maximum absolute atomic E-state index is 12.3. The zero-order valence-corrected chi connectivity index (χ0v) is 19.5. The minimum atomic E-state index is -0.971. The van der Waals surface area contributed by atoms with Crippen LogP contribution in [0, 0.1) is 0 Å². The summed E-state index contributed by atoms with van der Waals surface area (Å²) in [7, 11) is 1.02. The third-order valence-corrected chi connectivity index (χ3v) is 7.56. The average Bonchev–Trinajstić information content (AvgIpc) is 2.73. The van der Waals surface area contributed by atoms with Crippen molar-refractivity contribution in [3.05, 3.63) is 63.6 Å². The molecule has 1 aliphatic heterocycles. The smallest absolute Gasteiger partial charge is 0.0595 e. The van der Waals surface area contributed by atoms with Crippen molar-refractivity contribution in [2.24, 2.45) is 0 Å². The van der Waals surface area contributed by atoms with Gasteiger partial charge in [-0.05, 0) is 74.6 Å². The number of benzene rings is 2. The van der Waals surface area contributed by atoms with Gasteiger partial charge in [0.25, 0.3) is 0 Å². The molecule has 1 saturated heterocycles. The number of hydrogen-bond donors (Lipinski definition) is 1. The highest BCUT2D eigenvalue weighted by molar-refractivity contribution is 7.84. The maximum atomic E-state index is 12.3. The molecule has 1 fully saturated rings. The number of piperidine rings is 1. The SMILES string of the molecule is CNC[C@@H](CCN1CCCCC1c1ccccc1[S@](C)=O)c1ccc(Cl)c(Cl)c1. The predicted molar refractivity (Wildman–Crippen MR) is 125 cm³/mol. The van der Waals surface area contributed by atoms with Crippen LogP contribution in [0.1, 0.15) is 48.8 Å². The molecule has 2 aromatic carbocycles. The van der Waals surface area contributed by atoms with Gasteiger partial charge in [0.2, 0.25) is 0 Å². The van der Waals surface area contributed by atoms with E-state index in [1.807, 2.05) is 31.3 Å². The van der Waals surface area contributed by atoms with Gasteiger partial charge in [-0.2, -0.15) is 0 Å². The van der Waals surface area contributed by atoms with Crippen LogP contribution in [0.2, 0.25) is 10.0 Å². The normalized spacial score (nSPS) is 19.8. The fraction of sp³-hybridized carbons (Fsp3) is 0.478. The van der Waals surface area contributed by atoms with E-state index in [0.717, 1.165) is 37.4 Å². The van der Waals surface area contributed by atoms with Crippen molar-refractivity contribution in [2.45, 2.75) is 42.5 Å². The molecule has 1 N–H and O–H groups in total. The third kappa shape index (κ3) is 5.83. The first-order valence-electron chi connectivity index (χ1n) is 10.3. The first kappa shape index (κ1) is 22.8. The minimum absolute atomic E-state index is 0.341. The number of likely N-dealkylation sites (N-methyl/N-ethyl adjacent to an activating group) is 1. The Labute approximate surface area is 187 Å². The van der Waals surface area contributed by atoms with E-state index in [4.69, 9.17) is 23.2 Å². The van der Waals surface area contributed by atoms with E-state index >= 15 is 0 Å². The molecule has 0 aliphatic carbocycles. The van der Waals surface area contributed by atoms with Gasteiger partial charge in [-0.3, -0.25) is 9.11 Å². The van der Waals surface area contributed by atoms with Gasteiger partial charge in [-0.15, -0.1) is 0 Å². The van der Waals surface area contributed by atoms with Crippen LogP contribution in [-0.2, 0) is 10.8 Å². The van der Waals surface area contributed by atoms with Crippen molar-refractivity contribution in [1.29, 1.82) is 0 Å². The molecule has 0 spiro atoms. The van der Waals surface area contributed by atoms with Gasteiger partial charge in [0, 0.05) is 23.7 Å². The Kier molecular flexibility index (Phi) is 8.57. The molecule has 0 aromatic heterocycles. The maximum Gasteiger partial charge on any atom is 0.0595 e. The molecule has 3 nitrogen and oxygen atoms in total. The van der Waals surface area contributed by atoms with Crippen LogP contribution in [0.5, 0.6) is 0 Å². The van der Waals surface area contributed by atoms with Gasteiger partial charge in [0.1, 0.15) is 0 Å². The Morgan fingerprint density at radius 1 is 1.17 bits per heavy atom. The van der Waals surface area contributed by atoms with Crippen LogP contribution < -0.4 is 5.32 Å². The largest absolute Gasteiger partial charge is 0.319 e. The summed E-state index contributed by atoms with van der Waals surface area (Å²) in [4.78, 5) is 3.55. The molecule has 0 amide bonds. The molecule has 2 aromatic rings. The Hall–Kier alpha value is -0.910. The standard InChI is InChI=1S/C23H30Cl2N2OS/c1-26-16-18(17-10-11-20(24)21(25)15-17)12-14-27-13-6-5-8-22(27)19-7-3-4-9-23(19)29(2)28/h3-4,7,9-11,15,18,22,26H,5-6,8,12-14,16H2,1-2H3/t18-,22?,29+/m1/s1. The van der Waals surface area contributed by atoms with E-state index in [1.54, 1.807) is 6.26 Å². The molecule has 29 heavy (non-hydrogen) atoms. The van der Waals surface area contributed by atoms with E-state index in [2.05, 4.69) is 28.4 Å². The molecular formula is C23H30Cl2N2OS. The lowest BCUT2D eigenvalue weighted by atomic mass is 9.92. The second kappa shape index (κ2) is 10.9. The predicted octanol–water partition coefficient (Wildman–Crippen LogP) is 5.65. The summed E-state index contributed by atoms with van der Waals surface area (Å²) in [6, 6.07) is 14.5. The Morgan fingerprint density at radius 2 is 1.97 bits per heavy atom. The van der Waals surface area contributed by atoms with Crippen LogP contribution in [0.25, 0.3) is 0 Å². The second-order valence-corrected chi connectivity index (χ2v) is 9.92. The number of nitrogens with one attached hydrogen (secondary N) is 1. The molecule has 6 heteroatoms. The number of rotatable bonds is 8. The Morgan fingerprint density at radius 3 is 2.69 bits per heavy atom. The number of halogens is 2. The van der Waals surface area contributed by atoms with Crippen LogP contribution in [0.15, 0.2) is 47.4 Å². The Bertz CT molecular complexity index is 845. The van der Waals surface area contributed by atoms with Crippen LogP contribution in [-0.4, -0.2) is 42.0 Å². The van der Waals surface area contributed by atoms with Crippen molar-refractivity contribution >= 4 is 34.0 Å². The fourth-order valence-electron chi connectivity index (χ4n) is 4.35. The van der Waals surface area contributed by atoms with Crippen molar-refractivity contribution < 1.29 is 4.21 Å². The highest BCUT2D eigenvalue weighted by atomic mass is 35.5. The lowest BCUT2D eigenvalue weighted by Gasteiger charge is -2.37. The molecule has 3 rings (SSSR count). The quantitative estimate of drug-likeness (QED) is 0.561. The zero-order chi connectivity index (χ0) is 20.8. The van der Waals surface area contributed by atoms with Crippen molar-refractivity contribution in [1.82, 2.24) is 10.2 Å². The zero-order valence-electron chi connectivity index (χ0n) is 17.2. The summed E-state index contributed by atoms with van der Waals surface area (Å²) < 4.78 is 12.3. The molecule has 0 radical (unpaired) electrons. The number of hydrogen-bond acceptors (Lipinski definition) is 3. The van der Waals surface area contributed by atoms with E-state index in [0.29, 0.717) is 22.0 Å². The van der Waals surface area contributed by atoms with E-state index < -0.39 is 10.8 Å². The van der Waals surface area contributed by atoms with Crippen LogP contribution in [0.4, 0.5) is 0 Å². The van der Waals surface area contributed by atoms with Crippen molar-refractivity contribution in [2.75, 3.05) is 32.9 Å². The lowest BCUT2D eigenvalue weighted by Crippen LogP contribution is -2.36. The third-order valence-electron chi connectivity index (χ3n) is 5.83. The number of nitrogens with zero attached hydrogens (tertiary/aromatic N) is 1. The van der Waals surface area contributed by atoms with Gasteiger partial charge < -0.3 is 5.32 Å². The van der Waals surface area contributed by atoms with Gasteiger partial charge >= 0.3 is 0 Å². The molecule has 0 saturated carbocycles. The summed E-state index contributed by atoms with van der Waals surface area (Å²) in [5.74, 6) is 0.368. The number of likely N-dealkylation sites (tertiary alicyclic amines) is 1. The van der Waals surface area contributed by atoms with Gasteiger partial charge in [-0.1, -0.05) is 53.9 Å². The van der Waals surface area contributed by atoms with E-state index in [9.17, 15) is 4.21 Å². The first-order valence-corrected chi connectivity index (χ1v) is 12.6. The lowest BCUT2D eigenvalue weighted by molar-refractivity contribution is 0.141. The minimum Gasteiger partial charge on any atom is -0.319 e. The Balaban J connectivity index is 1.77. The van der Waals surface area contributed by atoms with Crippen molar-refractivity contribution in [3.63, 3.8) is 0 Å². The van der Waals surface area contributed by atoms with E-state index in [1.165, 1.54) is 24.0 Å². The fourth-order valence-corrected chi connectivity index (χ4v) is 5.46. The highest BCUT2D eigenvalue weighted by Gasteiger charge is 2.27. The summed E-state index contributed by atoms with van der Waals surface area (Å²) in [5.41, 5.74) is 2.45. The molecule has 3 atom stereocenters.